The summed E-state index contributed by atoms with van der Waals surface area (Å²) in [4.78, 5) is 120. The van der Waals surface area contributed by atoms with Crippen LogP contribution in [-0.2, 0) is 99.0 Å². The molecule has 0 radical (unpaired) electrons. The highest BCUT2D eigenvalue weighted by Crippen LogP contribution is 2.62. The lowest BCUT2D eigenvalue weighted by atomic mass is 9.89. The zero-order valence-corrected chi connectivity index (χ0v) is 67.8. The molecule has 0 saturated carbocycles. The van der Waals surface area contributed by atoms with E-state index in [9.17, 15) is 51.8 Å². The van der Waals surface area contributed by atoms with E-state index in [2.05, 4.69) is 106 Å². The number of ether oxygens (including phenoxy) is 5. The van der Waals surface area contributed by atoms with Crippen LogP contribution in [0.2, 0.25) is 0 Å². The number of hydrogen-bond donors (Lipinski definition) is 12. The van der Waals surface area contributed by atoms with Crippen LogP contribution in [0.4, 0.5) is 17.7 Å². The fourth-order valence-corrected chi connectivity index (χ4v) is 21.1. The third kappa shape index (κ3) is 20.1. The Kier molecular flexibility index (Phi) is 25.6. The molecule has 10 unspecified atom stereocenters. The molecule has 5 saturated heterocycles. The van der Waals surface area contributed by atoms with E-state index in [-0.39, 0.29) is 95.3 Å². The standard InChI is InChI=1S/C55H76N17O26P5S6/c1-23(2)27-9-38(68-8-7-37(56)61-53(68)77)89-32(27)16-88-103(108,109)98-31-13-40(70-15-26(6)48(74)67-55(70)79)91-36(31)20-87-102(83,107)97-30-12-42(72-22-60-44-46(72)63-52(58)65-50(44)76)93-35(30)19-86-100(81,105)95-28-10-39(69-14-25(5)47(73)66-54(69)78)90-33(28)18-85-101(82,106)96-29-11-41(92-34(29)17-84-99(80,104)94-24(3)4)71-21-59-43-45(71)62-51(57)64-49(43)75/h7-8,14-15,21-24,27-36,38-42H,9-13,16-20H2,1-6H3,(H,80,104)(H,81,105)(H,82,106)(H,83,107)(H,108,109)(H2,56,61,77)(H,66,73,78)(H,67,74,79)(H3,57,62,64,75)(H3,58,63,65,76)/t27-,28+,29+,30+,31+,32?,33?,34?,35?,36?,38+,39+,40+,41+,42+,99?,100?,101?,102?/m0/s1. The molecule has 43 nitrogen and oxygen atoms in total. The molecular formula is C55H76N17O26P5S6. The zero-order chi connectivity index (χ0) is 78.7. The van der Waals surface area contributed by atoms with Crippen molar-refractivity contribution in [1.29, 1.82) is 0 Å². The van der Waals surface area contributed by atoms with Gasteiger partial charge in [0.25, 0.3) is 22.2 Å². The van der Waals surface area contributed by atoms with Gasteiger partial charge in [0, 0.05) is 55.4 Å². The maximum atomic E-state index is 14.8. The molecule has 0 spiro atoms. The summed E-state index contributed by atoms with van der Waals surface area (Å²) in [6.07, 6.45) is -11.6. The van der Waals surface area contributed by atoms with E-state index in [4.69, 9.17) is 97.9 Å². The highest BCUT2D eigenvalue weighted by atomic mass is 32.9. The summed E-state index contributed by atoms with van der Waals surface area (Å²) in [5.74, 6) is -0.620. The number of H-pyrrole nitrogens is 4. The van der Waals surface area contributed by atoms with E-state index in [0.29, 0.717) is 6.42 Å². The fraction of sp³-hybridized carbons (Fsp3) is 0.600. The largest absolute Gasteiger partial charge is 0.386 e. The van der Waals surface area contributed by atoms with E-state index in [1.165, 1.54) is 64.9 Å². The lowest BCUT2D eigenvalue weighted by Crippen LogP contribution is -2.33. The number of nitrogens with zero attached hydrogens (tertiary/aromatic N) is 10. The molecule has 5 aliphatic heterocycles. The maximum absolute atomic E-state index is 14.8. The van der Waals surface area contributed by atoms with Crippen molar-refractivity contribution in [3.63, 3.8) is 0 Å². The molecule has 5 aliphatic rings. The minimum absolute atomic E-state index is 0.000381. The second-order valence-corrected chi connectivity index (χ2v) is 43.1. The number of hydrogen-bond acceptors (Lipinski definition) is 35. The van der Waals surface area contributed by atoms with Crippen LogP contribution in [0.25, 0.3) is 22.3 Å². The number of nitrogens with one attached hydrogen (secondary N) is 4. The smallest absolute Gasteiger partial charge is 0.383 e. The Hall–Kier alpha value is -4.94. The van der Waals surface area contributed by atoms with Crippen molar-refractivity contribution in [2.24, 2.45) is 11.8 Å². The number of aryl methyl sites for hydroxylation is 2. The van der Waals surface area contributed by atoms with Crippen LogP contribution >= 0.6 is 94.1 Å². The topological polar surface area (TPSA) is 557 Å². The van der Waals surface area contributed by atoms with Crippen LogP contribution in [0.5, 0.6) is 0 Å². The summed E-state index contributed by atoms with van der Waals surface area (Å²) in [7, 11) is 0. The van der Waals surface area contributed by atoms with Crippen molar-refractivity contribution in [2.75, 3.05) is 50.2 Å². The summed E-state index contributed by atoms with van der Waals surface area (Å²) in [6, 6.07) is 1.47. The summed E-state index contributed by atoms with van der Waals surface area (Å²) in [5.41, 5.74) is 8.67. The molecule has 10 N–H and O–H groups in total. The molecule has 0 aliphatic carbocycles. The number of aromatic nitrogens is 14. The molecule has 7 aromatic heterocycles. The minimum atomic E-state index is -4.79. The van der Waals surface area contributed by atoms with Crippen molar-refractivity contribution < 1.29 is 87.2 Å². The first-order valence-electron chi connectivity index (χ1n) is 33.2. The van der Waals surface area contributed by atoms with Crippen molar-refractivity contribution in [2.45, 2.75) is 166 Å². The van der Waals surface area contributed by atoms with Crippen molar-refractivity contribution in [3.05, 3.63) is 121 Å². The highest BCUT2D eigenvalue weighted by Gasteiger charge is 2.50. The van der Waals surface area contributed by atoms with Crippen LogP contribution < -0.4 is 56.5 Å². The zero-order valence-electron chi connectivity index (χ0n) is 58.0. The molecule has 109 heavy (non-hydrogen) atoms. The minimum Gasteiger partial charge on any atom is -0.383 e. The molecule has 7 aromatic rings. The normalized spacial score (nSPS) is 28.8. The first-order valence-corrected chi connectivity index (χ1v) is 47.7. The van der Waals surface area contributed by atoms with Crippen molar-refractivity contribution >= 4 is 146 Å². The van der Waals surface area contributed by atoms with E-state index in [1.807, 2.05) is 13.8 Å². The van der Waals surface area contributed by atoms with Gasteiger partial charge >= 0.3 is 44.3 Å². The van der Waals surface area contributed by atoms with Gasteiger partial charge in [-0.3, -0.25) is 98.1 Å². The summed E-state index contributed by atoms with van der Waals surface area (Å²) >= 11 is 27.5. The first-order chi connectivity index (χ1) is 51.2. The van der Waals surface area contributed by atoms with Crippen LogP contribution in [0.1, 0.15) is 102 Å². The Morgan fingerprint density at radius 3 is 1.26 bits per heavy atom. The fourth-order valence-electron chi connectivity index (χ4n) is 12.8. The van der Waals surface area contributed by atoms with Gasteiger partial charge in [0.05, 0.1) is 64.0 Å². The SMILES string of the molecule is Cc1cn([C@H]2C[C@@H](OP(=O)(S)OCC3O[C@@H](n4cnc5c(=O)[nH]c(N)nc54)C[C@H]3OP(=O)(S)OCC3O[C@@H](n4cc(C)c(=O)[nH]c4=O)C[C@H]3OP(=S)(S)OCC3O[C@@H](n4ccc(N)nc4=O)C[C@H]3C(C)C)C(COP(=O)(S)O[C@@H]3C[C@H](n4cnc5c(=O)[nH]c(N)nc54)OC3COP(=O)(S)OC(C)C)O2)c(=O)[nH]c1=O. The van der Waals surface area contributed by atoms with Crippen LogP contribution in [0.15, 0.2) is 70.9 Å². The quantitative estimate of drug-likeness (QED) is 0.0200. The molecule has 0 bridgehead atoms. The van der Waals surface area contributed by atoms with Gasteiger partial charge in [-0.25, -0.2) is 42.6 Å². The number of thiol groups is 5. The molecule has 5 fully saturated rings. The molecule has 0 aromatic carbocycles. The molecular weight excluding hydrogens is 1660 g/mol. The monoisotopic (exact) mass is 1740 g/mol. The van der Waals surface area contributed by atoms with Gasteiger partial charge in [-0.15, -0.1) is 0 Å². The Morgan fingerprint density at radius 2 is 0.862 bits per heavy atom. The number of imidazole rings is 2. The number of aromatic amines is 4. The predicted octanol–water partition coefficient (Wildman–Crippen LogP) is 5.04. The highest BCUT2D eigenvalue weighted by molar-refractivity contribution is 8.60. The summed E-state index contributed by atoms with van der Waals surface area (Å²) in [5, 5.41) is 0. The van der Waals surface area contributed by atoms with E-state index in [1.54, 1.807) is 13.8 Å². The Bertz CT molecular complexity index is 5280. The molecule has 598 valence electrons. The van der Waals surface area contributed by atoms with Crippen LogP contribution in [-0.4, -0.2) is 162 Å². The van der Waals surface area contributed by atoms with Crippen molar-refractivity contribution in [1.82, 2.24) is 67.7 Å². The van der Waals surface area contributed by atoms with Gasteiger partial charge in [0.2, 0.25) is 17.6 Å². The van der Waals surface area contributed by atoms with E-state index < -0.39 is 191 Å². The maximum Gasteiger partial charge on any atom is 0.386 e. The Balaban J connectivity index is 0.758. The number of nitrogen functional groups attached to an aromatic ring is 3. The van der Waals surface area contributed by atoms with Crippen LogP contribution in [0, 0.1) is 25.7 Å². The van der Waals surface area contributed by atoms with Gasteiger partial charge in [-0.2, -0.15) is 15.0 Å². The predicted molar refractivity (Wildman–Crippen MR) is 406 cm³/mol. The summed E-state index contributed by atoms with van der Waals surface area (Å²) in [6.45, 7) is -11.1. The second kappa shape index (κ2) is 33.5. The van der Waals surface area contributed by atoms with E-state index in [0.717, 1.165) is 9.13 Å². The molecule has 12 rings (SSSR count). The van der Waals surface area contributed by atoms with Crippen LogP contribution in [0.3, 0.4) is 0 Å². The van der Waals surface area contributed by atoms with Gasteiger partial charge in [-0.05, 0) is 63.8 Å². The van der Waals surface area contributed by atoms with Gasteiger partial charge in [0.1, 0.15) is 79.7 Å². The van der Waals surface area contributed by atoms with Crippen molar-refractivity contribution in [3.8, 4) is 0 Å². The molecule has 20 atom stereocenters. The average Bonchev–Trinajstić information content (AvgIpc) is 1.76. The van der Waals surface area contributed by atoms with Gasteiger partial charge < -0.3 is 49.9 Å². The summed E-state index contributed by atoms with van der Waals surface area (Å²) < 4.78 is 154. The molecule has 54 heteroatoms. The number of anilines is 3. The number of rotatable bonds is 31. The number of nitrogens with two attached hydrogens (primary N) is 3. The third-order valence-electron chi connectivity index (χ3n) is 17.9. The Labute approximate surface area is 646 Å². The van der Waals surface area contributed by atoms with Gasteiger partial charge in [-0.1, -0.05) is 75.1 Å². The first kappa shape index (κ1) is 83.5. The molecule has 12 heterocycles. The Morgan fingerprint density at radius 1 is 0.495 bits per heavy atom. The lowest BCUT2D eigenvalue weighted by Gasteiger charge is -2.28. The number of fused-ring (bicyclic) bond motifs is 2. The van der Waals surface area contributed by atoms with E-state index >= 15 is 0 Å². The van der Waals surface area contributed by atoms with Gasteiger partial charge in [0.15, 0.2) is 22.3 Å². The molecule has 0 amide bonds. The average molecular weight is 1740 g/mol. The lowest BCUT2D eigenvalue weighted by molar-refractivity contribution is -0.0519. The third-order valence-corrected chi connectivity index (χ3v) is 26.8. The second-order valence-electron chi connectivity index (χ2n) is 26.3.